The second-order valence-corrected chi connectivity index (χ2v) is 5.45. The van der Waals surface area contributed by atoms with Crippen molar-refractivity contribution >= 4 is 17.4 Å². The van der Waals surface area contributed by atoms with Crippen molar-refractivity contribution < 1.29 is 9.72 Å². The zero-order valence-corrected chi connectivity index (χ0v) is 12.6. The maximum Gasteiger partial charge on any atom is 0.290 e. The van der Waals surface area contributed by atoms with E-state index >= 15 is 0 Å². The van der Waals surface area contributed by atoms with Gasteiger partial charge in [0.15, 0.2) is 0 Å². The van der Waals surface area contributed by atoms with Gasteiger partial charge in [0.25, 0.3) is 5.69 Å². The van der Waals surface area contributed by atoms with Crippen molar-refractivity contribution in [3.8, 4) is 0 Å². The molecule has 8 nitrogen and oxygen atoms in total. The summed E-state index contributed by atoms with van der Waals surface area (Å²) in [7, 11) is 0. The van der Waals surface area contributed by atoms with Crippen LogP contribution in [0.15, 0.2) is 12.3 Å². The summed E-state index contributed by atoms with van der Waals surface area (Å²) in [4.78, 5) is 28.6. The van der Waals surface area contributed by atoms with Gasteiger partial charge in [-0.05, 0) is 25.8 Å². The summed E-state index contributed by atoms with van der Waals surface area (Å²) in [6, 6.07) is 1.71. The topological polar surface area (TPSA) is 114 Å². The Bertz CT molecular complexity index is 563. The minimum atomic E-state index is -0.439. The molecule has 22 heavy (non-hydrogen) atoms. The van der Waals surface area contributed by atoms with Crippen LogP contribution in [-0.4, -0.2) is 42.0 Å². The number of anilines is 1. The minimum Gasteiger partial charge on any atom is -0.356 e. The van der Waals surface area contributed by atoms with Gasteiger partial charge in [0.05, 0.1) is 10.8 Å². The fourth-order valence-corrected chi connectivity index (χ4v) is 2.64. The van der Waals surface area contributed by atoms with Crippen molar-refractivity contribution in [1.29, 1.82) is 0 Å². The van der Waals surface area contributed by atoms with Gasteiger partial charge in [-0.3, -0.25) is 14.9 Å². The molecule has 1 aromatic rings. The molecule has 0 aliphatic carbocycles. The highest BCUT2D eigenvalue weighted by molar-refractivity contribution is 5.79. The zero-order chi connectivity index (χ0) is 16.1. The number of nitrogens with zero attached hydrogens (tertiary/aromatic N) is 3. The molecule has 120 valence electrons. The predicted octanol–water partition coefficient (Wildman–Crippen LogP) is 0.590. The second-order valence-electron chi connectivity index (χ2n) is 5.45. The second kappa shape index (κ2) is 7.17. The first-order chi connectivity index (χ1) is 10.5. The number of carbonyl (C=O) groups is 1. The lowest BCUT2D eigenvalue weighted by Gasteiger charge is -2.33. The van der Waals surface area contributed by atoms with Gasteiger partial charge in [-0.1, -0.05) is 0 Å². The fraction of sp³-hybridized carbons (Fsp3) is 0.571. The number of piperidine rings is 1. The van der Waals surface area contributed by atoms with E-state index in [-0.39, 0.29) is 17.5 Å². The Hall–Kier alpha value is -2.22. The third-order valence-corrected chi connectivity index (χ3v) is 3.83. The van der Waals surface area contributed by atoms with Gasteiger partial charge in [-0.25, -0.2) is 4.98 Å². The van der Waals surface area contributed by atoms with Crippen LogP contribution in [-0.2, 0) is 4.79 Å². The Kier molecular flexibility index (Phi) is 5.26. The normalized spacial score (nSPS) is 18.1. The van der Waals surface area contributed by atoms with E-state index in [1.165, 1.54) is 6.20 Å². The van der Waals surface area contributed by atoms with Crippen LogP contribution >= 0.6 is 0 Å². The number of pyridine rings is 1. The Morgan fingerprint density at radius 3 is 3.05 bits per heavy atom. The number of nitro groups is 1. The number of hydrogen-bond donors (Lipinski definition) is 2. The van der Waals surface area contributed by atoms with Crippen molar-refractivity contribution in [3.05, 3.63) is 27.9 Å². The molecule has 1 aromatic heterocycles. The summed E-state index contributed by atoms with van der Waals surface area (Å²) >= 11 is 0. The maximum absolute atomic E-state index is 12.0. The fourth-order valence-electron chi connectivity index (χ4n) is 2.64. The van der Waals surface area contributed by atoms with E-state index in [9.17, 15) is 14.9 Å². The Morgan fingerprint density at radius 1 is 1.64 bits per heavy atom. The van der Waals surface area contributed by atoms with Gasteiger partial charge in [-0.2, -0.15) is 0 Å². The molecule has 0 saturated carbocycles. The lowest BCUT2D eigenvalue weighted by atomic mass is 9.97. The van der Waals surface area contributed by atoms with Gasteiger partial charge in [0.1, 0.15) is 12.0 Å². The Labute approximate surface area is 128 Å². The number of carbonyl (C=O) groups excluding carboxylic acids is 1. The molecule has 1 unspecified atom stereocenters. The molecule has 1 fully saturated rings. The van der Waals surface area contributed by atoms with Crippen LogP contribution in [0.4, 0.5) is 11.5 Å². The highest BCUT2D eigenvalue weighted by Gasteiger charge is 2.27. The Balaban J connectivity index is 2.07. The van der Waals surface area contributed by atoms with Crippen molar-refractivity contribution in [2.24, 2.45) is 11.7 Å². The smallest absolute Gasteiger partial charge is 0.290 e. The number of aromatic nitrogens is 1. The first-order valence-electron chi connectivity index (χ1n) is 7.36. The third kappa shape index (κ3) is 3.70. The summed E-state index contributed by atoms with van der Waals surface area (Å²) in [6.07, 6.45) is 3.00. The lowest BCUT2D eigenvalue weighted by molar-refractivity contribution is -0.385. The van der Waals surface area contributed by atoms with Gasteiger partial charge in [-0.15, -0.1) is 0 Å². The average Bonchev–Trinajstić information content (AvgIpc) is 2.52. The molecule has 0 aromatic carbocycles. The SMILES string of the molecule is Cc1cc(N2CCCC(C(=O)NCCN)C2)ncc1[N+](=O)[O-]. The predicted molar refractivity (Wildman–Crippen MR) is 82.6 cm³/mol. The molecule has 1 amide bonds. The highest BCUT2D eigenvalue weighted by atomic mass is 16.6. The molecule has 8 heteroatoms. The van der Waals surface area contributed by atoms with Gasteiger partial charge in [0, 0.05) is 31.7 Å². The number of aryl methyl sites for hydroxylation is 1. The lowest BCUT2D eigenvalue weighted by Crippen LogP contribution is -2.44. The van der Waals surface area contributed by atoms with Crippen LogP contribution in [0.2, 0.25) is 0 Å². The van der Waals surface area contributed by atoms with Crippen molar-refractivity contribution in [2.45, 2.75) is 19.8 Å². The van der Waals surface area contributed by atoms with Crippen LogP contribution in [0, 0.1) is 23.0 Å². The third-order valence-electron chi connectivity index (χ3n) is 3.83. The van der Waals surface area contributed by atoms with E-state index in [0.29, 0.717) is 31.0 Å². The standard InChI is InChI=1S/C14H21N5O3/c1-10-7-13(17-8-12(10)19(21)22)18-6-2-3-11(9-18)14(20)16-5-4-15/h7-8,11H,2-6,9,15H2,1H3,(H,16,20). The molecule has 2 rings (SSSR count). The molecule has 1 aliphatic heterocycles. The molecule has 1 atom stereocenters. The highest BCUT2D eigenvalue weighted by Crippen LogP contribution is 2.25. The molecule has 1 aliphatic rings. The molecular weight excluding hydrogens is 286 g/mol. The maximum atomic E-state index is 12.0. The van der Waals surface area contributed by atoms with Crippen LogP contribution in [0.5, 0.6) is 0 Å². The average molecular weight is 307 g/mol. The number of hydrogen-bond acceptors (Lipinski definition) is 6. The number of amides is 1. The summed E-state index contributed by atoms with van der Waals surface area (Å²) in [5.74, 6) is 0.589. The van der Waals surface area contributed by atoms with Crippen molar-refractivity contribution in [2.75, 3.05) is 31.1 Å². The quantitative estimate of drug-likeness (QED) is 0.608. The van der Waals surface area contributed by atoms with E-state index in [1.807, 2.05) is 4.90 Å². The van der Waals surface area contributed by atoms with E-state index < -0.39 is 4.92 Å². The molecule has 2 heterocycles. The van der Waals surface area contributed by atoms with Crippen molar-refractivity contribution in [3.63, 3.8) is 0 Å². The summed E-state index contributed by atoms with van der Waals surface area (Å²) in [5, 5.41) is 13.6. The van der Waals surface area contributed by atoms with Crippen LogP contribution in [0.1, 0.15) is 18.4 Å². The number of rotatable bonds is 5. The Morgan fingerprint density at radius 2 is 2.41 bits per heavy atom. The largest absolute Gasteiger partial charge is 0.356 e. The molecule has 1 saturated heterocycles. The van der Waals surface area contributed by atoms with Crippen LogP contribution in [0.25, 0.3) is 0 Å². The number of nitrogens with two attached hydrogens (primary N) is 1. The van der Waals surface area contributed by atoms with E-state index in [1.54, 1.807) is 13.0 Å². The van der Waals surface area contributed by atoms with Gasteiger partial charge < -0.3 is 16.0 Å². The monoisotopic (exact) mass is 307 g/mol. The minimum absolute atomic E-state index is 0.00813. The summed E-state index contributed by atoms with van der Waals surface area (Å²) < 4.78 is 0. The van der Waals surface area contributed by atoms with Gasteiger partial charge >= 0.3 is 0 Å². The van der Waals surface area contributed by atoms with Crippen molar-refractivity contribution in [1.82, 2.24) is 10.3 Å². The van der Waals surface area contributed by atoms with E-state index in [0.717, 1.165) is 19.4 Å². The van der Waals surface area contributed by atoms with E-state index in [4.69, 9.17) is 5.73 Å². The molecule has 0 spiro atoms. The zero-order valence-electron chi connectivity index (χ0n) is 12.6. The first-order valence-corrected chi connectivity index (χ1v) is 7.36. The number of nitrogens with one attached hydrogen (secondary N) is 1. The molecule has 0 bridgehead atoms. The molecule has 0 radical (unpaired) electrons. The van der Waals surface area contributed by atoms with Gasteiger partial charge in [0.2, 0.25) is 5.91 Å². The van der Waals surface area contributed by atoms with Crippen LogP contribution < -0.4 is 16.0 Å². The van der Waals surface area contributed by atoms with E-state index in [2.05, 4.69) is 10.3 Å². The molecule has 3 N–H and O–H groups in total. The summed E-state index contributed by atoms with van der Waals surface area (Å²) in [5.41, 5.74) is 5.98. The first kappa shape index (κ1) is 16.2. The molecular formula is C14H21N5O3. The van der Waals surface area contributed by atoms with Crippen LogP contribution in [0.3, 0.4) is 0 Å². The summed E-state index contributed by atoms with van der Waals surface area (Å²) in [6.45, 7) is 3.96.